The minimum Gasteiger partial charge on any atom is -0.380 e. The average molecular weight is 231 g/mol. The van der Waals surface area contributed by atoms with Gasteiger partial charge in [0.2, 0.25) is 11.8 Å². The smallest absolute Gasteiger partial charge is 0.239 e. The van der Waals surface area contributed by atoms with Crippen LogP contribution in [0.25, 0.3) is 0 Å². The topological polar surface area (TPSA) is 84.7 Å². The number of hydrogen-bond acceptors (Lipinski definition) is 4. The van der Waals surface area contributed by atoms with Crippen molar-refractivity contribution < 1.29 is 14.3 Å². The highest BCUT2D eigenvalue weighted by molar-refractivity contribution is 5.84. The largest absolute Gasteiger partial charge is 0.380 e. The molecule has 16 heavy (non-hydrogen) atoms. The Morgan fingerprint density at radius 1 is 1.50 bits per heavy atom. The van der Waals surface area contributed by atoms with Crippen LogP contribution < -0.4 is 11.1 Å². The Kier molecular flexibility index (Phi) is 7.49. The van der Waals surface area contributed by atoms with E-state index in [1.165, 1.54) is 12.0 Å². The minimum absolute atomic E-state index is 0.0632. The molecule has 0 aliphatic carbocycles. The summed E-state index contributed by atoms with van der Waals surface area (Å²) < 4.78 is 5.00. The number of nitrogens with zero attached hydrogens (tertiary/aromatic N) is 1. The van der Waals surface area contributed by atoms with Gasteiger partial charge in [-0.15, -0.1) is 0 Å². The molecule has 0 aliphatic rings. The molecule has 0 aromatic rings. The van der Waals surface area contributed by atoms with Gasteiger partial charge in [0.25, 0.3) is 0 Å². The highest BCUT2D eigenvalue weighted by atomic mass is 16.5. The summed E-state index contributed by atoms with van der Waals surface area (Å²) in [7, 11) is 3.09. The lowest BCUT2D eigenvalue weighted by atomic mass is 10.2. The van der Waals surface area contributed by atoms with Crippen LogP contribution in [0.5, 0.6) is 0 Å². The number of amides is 2. The zero-order valence-corrected chi connectivity index (χ0v) is 10.2. The maximum Gasteiger partial charge on any atom is 0.239 e. The Labute approximate surface area is 96.1 Å². The summed E-state index contributed by atoms with van der Waals surface area (Å²) in [5, 5.41) is 2.62. The van der Waals surface area contributed by atoms with Gasteiger partial charge in [0.05, 0.1) is 19.1 Å². The molecule has 0 aliphatic heterocycles. The standard InChI is InChI=1S/C10H21N3O3/c1-4-12-9(14)7-13(2)10(15)5-8(6-11)16-3/h8H,4-7,11H2,1-3H3,(H,12,14). The summed E-state index contributed by atoms with van der Waals surface area (Å²) in [6.07, 6.45) is -0.0905. The van der Waals surface area contributed by atoms with Crippen LogP contribution in [0.1, 0.15) is 13.3 Å². The molecular weight excluding hydrogens is 210 g/mol. The summed E-state index contributed by atoms with van der Waals surface area (Å²) in [5.41, 5.74) is 5.41. The lowest BCUT2D eigenvalue weighted by Gasteiger charge is -2.19. The van der Waals surface area contributed by atoms with Gasteiger partial charge in [-0.1, -0.05) is 0 Å². The van der Waals surface area contributed by atoms with Gasteiger partial charge in [0, 0.05) is 27.2 Å². The van der Waals surface area contributed by atoms with E-state index in [4.69, 9.17) is 10.5 Å². The van der Waals surface area contributed by atoms with Crippen LogP contribution in [0.4, 0.5) is 0 Å². The van der Waals surface area contributed by atoms with Gasteiger partial charge in [-0.3, -0.25) is 9.59 Å². The van der Waals surface area contributed by atoms with Crippen LogP contribution in [-0.4, -0.2) is 56.6 Å². The molecule has 1 atom stereocenters. The monoisotopic (exact) mass is 231 g/mol. The predicted octanol–water partition coefficient (Wildman–Crippen LogP) is -1.06. The second-order valence-electron chi connectivity index (χ2n) is 3.50. The first kappa shape index (κ1) is 14.9. The van der Waals surface area contributed by atoms with E-state index in [-0.39, 0.29) is 37.4 Å². The van der Waals surface area contributed by atoms with Gasteiger partial charge in [0.1, 0.15) is 0 Å². The SMILES string of the molecule is CCNC(=O)CN(C)C(=O)CC(CN)OC. The van der Waals surface area contributed by atoms with E-state index in [1.807, 2.05) is 6.92 Å². The Balaban J connectivity index is 4.02. The fourth-order valence-corrected chi connectivity index (χ4v) is 1.17. The summed E-state index contributed by atoms with van der Waals surface area (Å²) in [4.78, 5) is 24.2. The molecule has 0 spiro atoms. The molecule has 94 valence electrons. The zero-order chi connectivity index (χ0) is 12.6. The van der Waals surface area contributed by atoms with Crippen molar-refractivity contribution in [2.75, 3.05) is 33.8 Å². The van der Waals surface area contributed by atoms with Gasteiger partial charge in [-0.05, 0) is 6.92 Å². The number of ether oxygens (including phenoxy) is 1. The molecule has 0 aromatic heterocycles. The van der Waals surface area contributed by atoms with Gasteiger partial charge in [-0.2, -0.15) is 0 Å². The van der Waals surface area contributed by atoms with Crippen molar-refractivity contribution in [3.63, 3.8) is 0 Å². The van der Waals surface area contributed by atoms with Gasteiger partial charge in [0.15, 0.2) is 0 Å². The minimum atomic E-state index is -0.288. The number of hydrogen-bond donors (Lipinski definition) is 2. The third-order valence-electron chi connectivity index (χ3n) is 2.18. The van der Waals surface area contributed by atoms with Crippen molar-refractivity contribution in [3.8, 4) is 0 Å². The summed E-state index contributed by atoms with van der Waals surface area (Å²) in [6.45, 7) is 2.74. The third kappa shape index (κ3) is 5.67. The normalized spacial score (nSPS) is 12.0. The van der Waals surface area contributed by atoms with Crippen LogP contribution in [0.15, 0.2) is 0 Å². The van der Waals surface area contributed by atoms with Crippen molar-refractivity contribution in [3.05, 3.63) is 0 Å². The van der Waals surface area contributed by atoms with E-state index in [2.05, 4.69) is 5.32 Å². The lowest BCUT2D eigenvalue weighted by molar-refractivity contribution is -0.136. The van der Waals surface area contributed by atoms with Crippen LogP contribution in [0.2, 0.25) is 0 Å². The molecule has 0 saturated carbocycles. The first-order valence-corrected chi connectivity index (χ1v) is 5.28. The molecule has 0 heterocycles. The highest BCUT2D eigenvalue weighted by Crippen LogP contribution is 1.99. The number of nitrogens with two attached hydrogens (primary N) is 1. The molecule has 0 radical (unpaired) electrons. The van der Waals surface area contributed by atoms with Crippen LogP contribution >= 0.6 is 0 Å². The van der Waals surface area contributed by atoms with Crippen molar-refractivity contribution in [2.24, 2.45) is 5.73 Å². The number of nitrogens with one attached hydrogen (secondary N) is 1. The second kappa shape index (κ2) is 8.06. The third-order valence-corrected chi connectivity index (χ3v) is 2.18. The second-order valence-corrected chi connectivity index (χ2v) is 3.50. The molecule has 0 aromatic carbocycles. The summed E-state index contributed by atoms with van der Waals surface area (Å²) in [5.74, 6) is -0.316. The summed E-state index contributed by atoms with van der Waals surface area (Å²) >= 11 is 0. The molecule has 0 saturated heterocycles. The maximum atomic E-state index is 11.6. The molecule has 0 fully saturated rings. The van der Waals surface area contributed by atoms with Crippen LogP contribution in [0.3, 0.4) is 0 Å². The van der Waals surface area contributed by atoms with E-state index in [1.54, 1.807) is 7.05 Å². The number of carbonyl (C=O) groups excluding carboxylic acids is 2. The van der Waals surface area contributed by atoms with E-state index in [0.29, 0.717) is 6.54 Å². The molecule has 1 unspecified atom stereocenters. The van der Waals surface area contributed by atoms with Crippen molar-refractivity contribution in [2.45, 2.75) is 19.4 Å². The summed E-state index contributed by atoms with van der Waals surface area (Å²) in [6, 6.07) is 0. The molecule has 0 rings (SSSR count). The van der Waals surface area contributed by atoms with E-state index in [9.17, 15) is 9.59 Å². The van der Waals surface area contributed by atoms with E-state index in [0.717, 1.165) is 0 Å². The van der Waals surface area contributed by atoms with E-state index >= 15 is 0 Å². The maximum absolute atomic E-state index is 11.6. The van der Waals surface area contributed by atoms with Gasteiger partial charge in [-0.25, -0.2) is 0 Å². The number of likely N-dealkylation sites (N-methyl/N-ethyl adjacent to an activating group) is 2. The Morgan fingerprint density at radius 2 is 2.12 bits per heavy atom. The fraction of sp³-hybridized carbons (Fsp3) is 0.800. The van der Waals surface area contributed by atoms with Gasteiger partial charge >= 0.3 is 0 Å². The molecule has 3 N–H and O–H groups in total. The molecule has 6 nitrogen and oxygen atoms in total. The number of methoxy groups -OCH3 is 1. The molecule has 2 amide bonds. The molecular formula is C10H21N3O3. The average Bonchev–Trinajstić information content (AvgIpc) is 2.25. The molecule has 6 heteroatoms. The van der Waals surface area contributed by atoms with Crippen LogP contribution in [-0.2, 0) is 14.3 Å². The highest BCUT2D eigenvalue weighted by Gasteiger charge is 2.16. The van der Waals surface area contributed by atoms with Crippen molar-refractivity contribution in [1.29, 1.82) is 0 Å². The number of carbonyl (C=O) groups is 2. The first-order chi connectivity index (χ1) is 7.54. The Hall–Kier alpha value is -1.14. The lowest BCUT2D eigenvalue weighted by Crippen LogP contribution is -2.40. The first-order valence-electron chi connectivity index (χ1n) is 5.28. The van der Waals surface area contributed by atoms with Crippen molar-refractivity contribution in [1.82, 2.24) is 10.2 Å². The van der Waals surface area contributed by atoms with E-state index < -0.39 is 0 Å². The number of rotatable bonds is 7. The van der Waals surface area contributed by atoms with Crippen LogP contribution in [0, 0.1) is 0 Å². The van der Waals surface area contributed by atoms with Gasteiger partial charge < -0.3 is 20.7 Å². The zero-order valence-electron chi connectivity index (χ0n) is 10.2. The quantitative estimate of drug-likeness (QED) is 0.585. The Morgan fingerprint density at radius 3 is 2.56 bits per heavy atom. The Bertz CT molecular complexity index is 229. The molecule has 0 bridgehead atoms. The van der Waals surface area contributed by atoms with Crippen molar-refractivity contribution >= 4 is 11.8 Å². The predicted molar refractivity (Wildman–Crippen MR) is 60.8 cm³/mol. The fourth-order valence-electron chi connectivity index (χ4n) is 1.17.